The first-order valence-electron chi connectivity index (χ1n) is 6.90. The number of hydrogen-bond donors (Lipinski definition) is 8. The van der Waals surface area contributed by atoms with Crippen molar-refractivity contribution in [2.24, 2.45) is 11.5 Å². The van der Waals surface area contributed by atoms with Crippen molar-refractivity contribution in [2.45, 2.75) is 38.8 Å². The van der Waals surface area contributed by atoms with Crippen molar-refractivity contribution in [1.82, 2.24) is 11.0 Å². The molecule has 0 bridgehead atoms. The number of carbonyl (C=O) groups is 2. The van der Waals surface area contributed by atoms with E-state index in [-0.39, 0.29) is 37.7 Å². The molecule has 0 aromatic carbocycles. The Morgan fingerprint density at radius 1 is 0.917 bits per heavy atom. The number of aliphatic carboxylic acids is 2. The quantitative estimate of drug-likeness (QED) is 0.0998. The summed E-state index contributed by atoms with van der Waals surface area (Å²) in [4.78, 5) is 29.8. The maximum Gasteiger partial charge on any atom is 0.320 e. The molecule has 0 saturated carbocycles. The van der Waals surface area contributed by atoms with Crippen LogP contribution in [-0.4, -0.2) is 59.1 Å². The highest BCUT2D eigenvalue weighted by Gasteiger charge is 2.10. The van der Waals surface area contributed by atoms with Crippen LogP contribution in [0, 0.1) is 10.8 Å². The third-order valence-electron chi connectivity index (χ3n) is 2.15. The highest BCUT2D eigenvalue weighted by atomic mass is 16.6. The van der Waals surface area contributed by atoms with Crippen LogP contribution >= 0.6 is 0 Å². The molecular weight excluding hydrogens is 324 g/mol. The molecule has 0 aliphatic heterocycles. The zero-order valence-electron chi connectivity index (χ0n) is 13.7. The van der Waals surface area contributed by atoms with Gasteiger partial charge in [0.2, 0.25) is 0 Å². The Hall–Kier alpha value is -2.28. The van der Waals surface area contributed by atoms with Crippen molar-refractivity contribution in [3.8, 4) is 0 Å². The predicted octanol–water partition coefficient (Wildman–Crippen LogP) is -1.39. The fourth-order valence-corrected chi connectivity index (χ4v) is 0.937. The second kappa shape index (κ2) is 14.3. The highest BCUT2D eigenvalue weighted by Crippen LogP contribution is 1.88. The van der Waals surface area contributed by atoms with E-state index in [0.717, 1.165) is 0 Å². The van der Waals surface area contributed by atoms with Gasteiger partial charge in [-0.1, -0.05) is 0 Å². The minimum absolute atomic E-state index is 0.166. The Bertz CT molecular complexity index is 381. The zero-order chi connectivity index (χ0) is 19.1. The summed E-state index contributed by atoms with van der Waals surface area (Å²) in [6.07, 6.45) is 0.436. The van der Waals surface area contributed by atoms with Crippen LogP contribution in [0.1, 0.15) is 26.7 Å². The number of hydroxylamine groups is 2. The minimum atomic E-state index is -1.05. The van der Waals surface area contributed by atoms with E-state index in [1.807, 2.05) is 0 Å². The van der Waals surface area contributed by atoms with Crippen molar-refractivity contribution in [3.05, 3.63) is 0 Å². The van der Waals surface area contributed by atoms with Gasteiger partial charge in [0.15, 0.2) is 0 Å². The SMILES string of the molecule is CC(=N)NOCCC(N)C(=O)O.CC(=N)NOCCC(N)C(=O)O. The topological polar surface area (TPSA) is 217 Å². The average Bonchev–Trinajstić information content (AvgIpc) is 2.47. The van der Waals surface area contributed by atoms with E-state index in [4.69, 9.17) is 42.2 Å². The van der Waals surface area contributed by atoms with Crippen molar-refractivity contribution >= 4 is 23.6 Å². The summed E-state index contributed by atoms with van der Waals surface area (Å²) in [7, 11) is 0. The fraction of sp³-hybridized carbons (Fsp3) is 0.667. The molecular formula is C12H26N6O6. The van der Waals surface area contributed by atoms with Crippen molar-refractivity contribution in [1.29, 1.82) is 10.8 Å². The molecule has 0 amide bonds. The Morgan fingerprint density at radius 3 is 1.42 bits per heavy atom. The molecule has 2 unspecified atom stereocenters. The average molecular weight is 350 g/mol. The molecule has 0 fully saturated rings. The van der Waals surface area contributed by atoms with Crippen LogP contribution in [0.5, 0.6) is 0 Å². The maximum atomic E-state index is 10.2. The van der Waals surface area contributed by atoms with Crippen molar-refractivity contribution in [2.75, 3.05) is 13.2 Å². The molecule has 0 radical (unpaired) electrons. The van der Waals surface area contributed by atoms with Gasteiger partial charge in [0.1, 0.15) is 23.8 Å². The summed E-state index contributed by atoms with van der Waals surface area (Å²) in [5.41, 5.74) is 14.9. The van der Waals surface area contributed by atoms with Gasteiger partial charge in [-0.3, -0.25) is 41.0 Å². The van der Waals surface area contributed by atoms with E-state index in [1.54, 1.807) is 0 Å². The molecule has 0 spiro atoms. The van der Waals surface area contributed by atoms with E-state index in [9.17, 15) is 9.59 Å². The van der Waals surface area contributed by atoms with E-state index < -0.39 is 24.0 Å². The molecule has 0 rings (SSSR count). The molecule has 12 nitrogen and oxygen atoms in total. The summed E-state index contributed by atoms with van der Waals surface area (Å²) >= 11 is 0. The lowest BCUT2D eigenvalue weighted by molar-refractivity contribution is -0.140. The number of hydrogen-bond acceptors (Lipinski definition) is 8. The van der Waals surface area contributed by atoms with Gasteiger partial charge >= 0.3 is 11.9 Å². The Morgan fingerprint density at radius 2 is 1.21 bits per heavy atom. The van der Waals surface area contributed by atoms with Gasteiger partial charge in [-0.2, -0.15) is 0 Å². The van der Waals surface area contributed by atoms with Gasteiger partial charge in [0, 0.05) is 0 Å². The van der Waals surface area contributed by atoms with Crippen LogP contribution in [0.2, 0.25) is 0 Å². The van der Waals surface area contributed by atoms with E-state index in [0.29, 0.717) is 0 Å². The summed E-state index contributed by atoms with van der Waals surface area (Å²) in [6.45, 7) is 3.36. The van der Waals surface area contributed by atoms with Crippen molar-refractivity contribution in [3.63, 3.8) is 0 Å². The predicted molar refractivity (Wildman–Crippen MR) is 85.4 cm³/mol. The van der Waals surface area contributed by atoms with Crippen LogP contribution in [0.3, 0.4) is 0 Å². The summed E-state index contributed by atoms with van der Waals surface area (Å²) in [5, 5.41) is 30.5. The van der Waals surface area contributed by atoms with Crippen LogP contribution in [-0.2, 0) is 19.3 Å². The van der Waals surface area contributed by atoms with Crippen LogP contribution < -0.4 is 22.4 Å². The Labute approximate surface area is 139 Å². The van der Waals surface area contributed by atoms with Crippen LogP contribution in [0.4, 0.5) is 0 Å². The third-order valence-corrected chi connectivity index (χ3v) is 2.15. The zero-order valence-corrected chi connectivity index (χ0v) is 13.7. The van der Waals surface area contributed by atoms with Gasteiger partial charge in [0.25, 0.3) is 0 Å². The summed E-state index contributed by atoms with van der Waals surface area (Å²) in [5.74, 6) is -1.77. The molecule has 12 heteroatoms. The maximum absolute atomic E-state index is 10.2. The third kappa shape index (κ3) is 17.8. The molecule has 0 aromatic rings. The standard InChI is InChI=1S/2C6H13N3O3/c2*1-4(7)9-12-3-2-5(8)6(10)11/h2*5H,2-3,8H2,1H3,(H2,7,9)(H,10,11). The van der Waals surface area contributed by atoms with Crippen LogP contribution in [0.15, 0.2) is 0 Å². The second-order valence-corrected chi connectivity index (χ2v) is 4.62. The Kier molecular flexibility index (Phi) is 14.3. The number of nitrogens with two attached hydrogens (primary N) is 2. The number of rotatable bonds is 10. The number of nitrogens with one attached hydrogen (secondary N) is 4. The molecule has 0 aliphatic rings. The molecule has 0 aliphatic carbocycles. The monoisotopic (exact) mass is 350 g/mol. The van der Waals surface area contributed by atoms with Gasteiger partial charge < -0.3 is 21.7 Å². The minimum Gasteiger partial charge on any atom is -0.480 e. The lowest BCUT2D eigenvalue weighted by Crippen LogP contribution is -2.32. The highest BCUT2D eigenvalue weighted by molar-refractivity contribution is 5.75. The van der Waals surface area contributed by atoms with E-state index in [2.05, 4.69) is 11.0 Å². The summed E-state index contributed by atoms with van der Waals surface area (Å²) in [6, 6.07) is -1.81. The first-order valence-corrected chi connectivity index (χ1v) is 6.90. The molecule has 0 saturated heterocycles. The lowest BCUT2D eigenvalue weighted by Gasteiger charge is -2.07. The molecule has 24 heavy (non-hydrogen) atoms. The van der Waals surface area contributed by atoms with Gasteiger partial charge in [-0.15, -0.1) is 0 Å². The first kappa shape index (κ1) is 24.0. The number of carboxylic acids is 2. The van der Waals surface area contributed by atoms with Gasteiger partial charge in [-0.05, 0) is 26.7 Å². The molecule has 2 atom stereocenters. The smallest absolute Gasteiger partial charge is 0.320 e. The lowest BCUT2D eigenvalue weighted by atomic mass is 10.2. The molecule has 140 valence electrons. The first-order chi connectivity index (χ1) is 11.1. The van der Waals surface area contributed by atoms with E-state index in [1.165, 1.54) is 13.8 Å². The van der Waals surface area contributed by atoms with Gasteiger partial charge in [-0.25, -0.2) is 0 Å². The normalized spacial score (nSPS) is 12.2. The van der Waals surface area contributed by atoms with E-state index >= 15 is 0 Å². The van der Waals surface area contributed by atoms with Crippen molar-refractivity contribution < 1.29 is 29.5 Å². The van der Waals surface area contributed by atoms with Gasteiger partial charge in [0.05, 0.1) is 13.2 Å². The fourth-order valence-electron chi connectivity index (χ4n) is 0.937. The molecule has 0 aromatic heterocycles. The number of amidine groups is 2. The van der Waals surface area contributed by atoms with Crippen LogP contribution in [0.25, 0.3) is 0 Å². The molecule has 10 N–H and O–H groups in total. The number of carboxylic acid groups (broad SMARTS) is 2. The molecule has 0 heterocycles. The summed E-state index contributed by atoms with van der Waals surface area (Å²) < 4.78 is 0. The largest absolute Gasteiger partial charge is 0.480 e. The Balaban J connectivity index is 0. The second-order valence-electron chi connectivity index (χ2n) is 4.62.